The minimum atomic E-state index is -0.398. The SMILES string of the molecule is COc1cc(COc2ccc(Br)cc2F)ccc1CN. The van der Waals surface area contributed by atoms with Gasteiger partial charge < -0.3 is 15.2 Å². The summed E-state index contributed by atoms with van der Waals surface area (Å²) in [6.45, 7) is 0.672. The fourth-order valence-corrected chi connectivity index (χ4v) is 2.13. The van der Waals surface area contributed by atoms with Gasteiger partial charge in [0.25, 0.3) is 0 Å². The molecule has 2 N–H and O–H groups in total. The molecule has 0 saturated heterocycles. The number of ether oxygens (including phenoxy) is 2. The van der Waals surface area contributed by atoms with Gasteiger partial charge in [-0.25, -0.2) is 4.39 Å². The third-order valence-corrected chi connectivity index (χ3v) is 3.35. The van der Waals surface area contributed by atoms with E-state index in [1.54, 1.807) is 19.2 Å². The van der Waals surface area contributed by atoms with Crippen LogP contribution in [0.25, 0.3) is 0 Å². The predicted molar refractivity (Wildman–Crippen MR) is 79.3 cm³/mol. The lowest BCUT2D eigenvalue weighted by molar-refractivity contribution is 0.289. The molecule has 2 rings (SSSR count). The summed E-state index contributed by atoms with van der Waals surface area (Å²) >= 11 is 3.20. The van der Waals surface area contributed by atoms with E-state index in [1.807, 2.05) is 18.2 Å². The van der Waals surface area contributed by atoms with E-state index in [9.17, 15) is 4.39 Å². The van der Waals surface area contributed by atoms with Crippen molar-refractivity contribution >= 4 is 15.9 Å². The minimum absolute atomic E-state index is 0.218. The highest BCUT2D eigenvalue weighted by atomic mass is 79.9. The highest BCUT2D eigenvalue weighted by Gasteiger charge is 2.06. The van der Waals surface area contributed by atoms with E-state index < -0.39 is 5.82 Å². The first-order valence-electron chi connectivity index (χ1n) is 6.07. The van der Waals surface area contributed by atoms with Crippen molar-refractivity contribution in [3.63, 3.8) is 0 Å². The Bertz CT molecular complexity index is 604. The van der Waals surface area contributed by atoms with Gasteiger partial charge in [-0.05, 0) is 29.8 Å². The summed E-state index contributed by atoms with van der Waals surface area (Å²) in [5, 5.41) is 0. The molecule has 5 heteroatoms. The smallest absolute Gasteiger partial charge is 0.166 e. The highest BCUT2D eigenvalue weighted by Crippen LogP contribution is 2.24. The van der Waals surface area contributed by atoms with Crippen molar-refractivity contribution in [2.24, 2.45) is 5.73 Å². The Labute approximate surface area is 125 Å². The van der Waals surface area contributed by atoms with Gasteiger partial charge in [0, 0.05) is 16.6 Å². The van der Waals surface area contributed by atoms with Crippen molar-refractivity contribution in [2.45, 2.75) is 13.2 Å². The van der Waals surface area contributed by atoms with Gasteiger partial charge in [-0.2, -0.15) is 0 Å². The fraction of sp³-hybridized carbons (Fsp3) is 0.200. The van der Waals surface area contributed by atoms with Crippen molar-refractivity contribution in [3.8, 4) is 11.5 Å². The van der Waals surface area contributed by atoms with E-state index in [0.29, 0.717) is 16.8 Å². The Balaban J connectivity index is 2.10. The van der Waals surface area contributed by atoms with Crippen LogP contribution >= 0.6 is 15.9 Å². The molecule has 0 aromatic heterocycles. The Hall–Kier alpha value is -1.59. The number of hydrogen-bond donors (Lipinski definition) is 1. The summed E-state index contributed by atoms with van der Waals surface area (Å²) in [7, 11) is 1.59. The second kappa shape index (κ2) is 6.72. The largest absolute Gasteiger partial charge is 0.496 e. The predicted octanol–water partition coefficient (Wildman–Crippen LogP) is 3.63. The molecule has 106 valence electrons. The van der Waals surface area contributed by atoms with Crippen LogP contribution < -0.4 is 15.2 Å². The standard InChI is InChI=1S/C15H15BrFNO2/c1-19-15-6-10(2-3-11(15)8-18)9-20-14-5-4-12(16)7-13(14)17/h2-7H,8-9,18H2,1H3. The van der Waals surface area contributed by atoms with Crippen LogP contribution in [0.4, 0.5) is 4.39 Å². The molecule has 0 amide bonds. The summed E-state index contributed by atoms with van der Waals surface area (Å²) < 4.78 is 25.0. The fourth-order valence-electron chi connectivity index (χ4n) is 1.80. The summed E-state index contributed by atoms with van der Waals surface area (Å²) in [5.41, 5.74) is 7.42. The average Bonchev–Trinajstić information content (AvgIpc) is 2.46. The van der Waals surface area contributed by atoms with Crippen LogP contribution in [0.5, 0.6) is 11.5 Å². The Morgan fingerprint density at radius 3 is 2.60 bits per heavy atom. The van der Waals surface area contributed by atoms with Gasteiger partial charge in [0.2, 0.25) is 0 Å². The Morgan fingerprint density at radius 2 is 1.95 bits per heavy atom. The highest BCUT2D eigenvalue weighted by molar-refractivity contribution is 9.10. The van der Waals surface area contributed by atoms with Crippen molar-refractivity contribution in [2.75, 3.05) is 7.11 Å². The van der Waals surface area contributed by atoms with Gasteiger partial charge in [0.1, 0.15) is 12.4 Å². The maximum atomic E-state index is 13.6. The van der Waals surface area contributed by atoms with Crippen molar-refractivity contribution in [1.82, 2.24) is 0 Å². The van der Waals surface area contributed by atoms with E-state index in [0.717, 1.165) is 11.1 Å². The quantitative estimate of drug-likeness (QED) is 0.904. The third-order valence-electron chi connectivity index (χ3n) is 2.86. The zero-order valence-electron chi connectivity index (χ0n) is 11.0. The molecule has 0 atom stereocenters. The average molecular weight is 340 g/mol. The van der Waals surface area contributed by atoms with E-state index in [-0.39, 0.29) is 12.4 Å². The number of methoxy groups -OCH3 is 1. The van der Waals surface area contributed by atoms with Crippen LogP contribution in [0, 0.1) is 5.82 Å². The lowest BCUT2D eigenvalue weighted by Gasteiger charge is -2.11. The molecule has 0 radical (unpaired) electrons. The van der Waals surface area contributed by atoms with Crippen LogP contribution in [0.2, 0.25) is 0 Å². The van der Waals surface area contributed by atoms with Gasteiger partial charge >= 0.3 is 0 Å². The lowest BCUT2D eigenvalue weighted by atomic mass is 10.1. The summed E-state index contributed by atoms with van der Waals surface area (Å²) in [4.78, 5) is 0. The zero-order chi connectivity index (χ0) is 14.5. The topological polar surface area (TPSA) is 44.5 Å². The summed E-state index contributed by atoms with van der Waals surface area (Å²) in [6, 6.07) is 10.3. The molecule has 3 nitrogen and oxygen atoms in total. The second-order valence-electron chi connectivity index (χ2n) is 4.21. The number of benzene rings is 2. The van der Waals surface area contributed by atoms with Gasteiger partial charge in [-0.3, -0.25) is 0 Å². The molecular formula is C15H15BrFNO2. The molecule has 0 fully saturated rings. The van der Waals surface area contributed by atoms with Crippen LogP contribution in [-0.4, -0.2) is 7.11 Å². The molecule has 0 aliphatic heterocycles. The molecular weight excluding hydrogens is 325 g/mol. The second-order valence-corrected chi connectivity index (χ2v) is 5.13. The van der Waals surface area contributed by atoms with Crippen LogP contribution in [0.15, 0.2) is 40.9 Å². The normalized spacial score (nSPS) is 10.4. The monoisotopic (exact) mass is 339 g/mol. The van der Waals surface area contributed by atoms with Gasteiger partial charge in [0.15, 0.2) is 11.6 Å². The lowest BCUT2D eigenvalue weighted by Crippen LogP contribution is -2.02. The van der Waals surface area contributed by atoms with E-state index >= 15 is 0 Å². The number of hydrogen-bond acceptors (Lipinski definition) is 3. The van der Waals surface area contributed by atoms with Crippen LogP contribution in [0.3, 0.4) is 0 Å². The third kappa shape index (κ3) is 3.49. The number of nitrogens with two attached hydrogens (primary N) is 1. The summed E-state index contributed by atoms with van der Waals surface area (Å²) in [6.07, 6.45) is 0. The number of halogens is 2. The molecule has 0 heterocycles. The molecule has 0 spiro atoms. The van der Waals surface area contributed by atoms with E-state index in [2.05, 4.69) is 15.9 Å². The van der Waals surface area contributed by atoms with Crippen molar-refractivity contribution in [1.29, 1.82) is 0 Å². The molecule has 0 bridgehead atoms. The van der Waals surface area contributed by atoms with Gasteiger partial charge in [-0.1, -0.05) is 28.1 Å². The minimum Gasteiger partial charge on any atom is -0.496 e. The van der Waals surface area contributed by atoms with Crippen molar-refractivity contribution in [3.05, 3.63) is 57.8 Å². The maximum absolute atomic E-state index is 13.6. The number of rotatable bonds is 5. The van der Waals surface area contributed by atoms with Crippen LogP contribution in [-0.2, 0) is 13.2 Å². The van der Waals surface area contributed by atoms with E-state index in [1.165, 1.54) is 6.07 Å². The first-order chi connectivity index (χ1) is 9.63. The first-order valence-corrected chi connectivity index (χ1v) is 6.87. The molecule has 0 unspecified atom stereocenters. The van der Waals surface area contributed by atoms with E-state index in [4.69, 9.17) is 15.2 Å². The molecule has 2 aromatic carbocycles. The Kier molecular flexibility index (Phi) is 4.98. The molecule has 0 aliphatic rings. The Morgan fingerprint density at radius 1 is 1.15 bits per heavy atom. The zero-order valence-corrected chi connectivity index (χ0v) is 12.6. The molecule has 0 saturated carbocycles. The van der Waals surface area contributed by atoms with Gasteiger partial charge in [0.05, 0.1) is 7.11 Å². The summed E-state index contributed by atoms with van der Waals surface area (Å²) in [5.74, 6) is 0.532. The first kappa shape index (κ1) is 14.8. The maximum Gasteiger partial charge on any atom is 0.166 e. The molecule has 0 aliphatic carbocycles. The molecule has 20 heavy (non-hydrogen) atoms. The van der Waals surface area contributed by atoms with Gasteiger partial charge in [-0.15, -0.1) is 0 Å². The van der Waals surface area contributed by atoms with Crippen LogP contribution in [0.1, 0.15) is 11.1 Å². The van der Waals surface area contributed by atoms with Crippen molar-refractivity contribution < 1.29 is 13.9 Å². The molecule has 2 aromatic rings.